The molecular formula is C28H24O9. The van der Waals surface area contributed by atoms with Crippen LogP contribution in [-0.2, 0) is 28.5 Å². The molecule has 4 atom stereocenters. The van der Waals surface area contributed by atoms with E-state index in [2.05, 4.69) is 0 Å². The average Bonchev–Trinajstić information content (AvgIpc) is 2.92. The number of carbonyl (C=O) groups excluding carboxylic acids is 4. The predicted octanol–water partition coefficient (Wildman–Crippen LogP) is 3.58. The summed E-state index contributed by atoms with van der Waals surface area (Å²) in [5.74, 6) is -2.94. The lowest BCUT2D eigenvalue weighted by Gasteiger charge is -2.40. The van der Waals surface area contributed by atoms with Gasteiger partial charge in [-0.15, -0.1) is 0 Å². The minimum atomic E-state index is -1.44. The fourth-order valence-corrected chi connectivity index (χ4v) is 3.69. The maximum absolute atomic E-state index is 13.0. The zero-order valence-electron chi connectivity index (χ0n) is 19.9. The lowest BCUT2D eigenvalue weighted by atomic mass is 10.0. The minimum Gasteiger partial charge on any atom is -0.452 e. The van der Waals surface area contributed by atoms with Gasteiger partial charge in [0.1, 0.15) is 0 Å². The molecule has 1 heterocycles. The third kappa shape index (κ3) is 6.59. The van der Waals surface area contributed by atoms with Gasteiger partial charge in [-0.25, -0.2) is 14.4 Å². The average molecular weight is 504 g/mol. The van der Waals surface area contributed by atoms with Crippen molar-refractivity contribution < 1.29 is 42.9 Å². The molecular weight excluding hydrogens is 480 g/mol. The maximum Gasteiger partial charge on any atom is 0.338 e. The number of hydrogen-bond acceptors (Lipinski definition) is 9. The summed E-state index contributed by atoms with van der Waals surface area (Å²) < 4.78 is 27.8. The Morgan fingerprint density at radius 2 is 1.00 bits per heavy atom. The van der Waals surface area contributed by atoms with Crippen LogP contribution >= 0.6 is 0 Å². The molecule has 9 nitrogen and oxygen atoms in total. The van der Waals surface area contributed by atoms with Gasteiger partial charge in [0.25, 0.3) is 0 Å². The Kier molecular flexibility index (Phi) is 8.27. The molecule has 4 rings (SSSR count). The number of rotatable bonds is 7. The van der Waals surface area contributed by atoms with Crippen molar-refractivity contribution in [1.82, 2.24) is 0 Å². The Morgan fingerprint density at radius 3 is 1.43 bits per heavy atom. The van der Waals surface area contributed by atoms with Gasteiger partial charge in [-0.2, -0.15) is 0 Å². The van der Waals surface area contributed by atoms with Gasteiger partial charge in [0.15, 0.2) is 12.2 Å². The molecule has 9 heteroatoms. The van der Waals surface area contributed by atoms with Gasteiger partial charge in [0.2, 0.25) is 12.4 Å². The van der Waals surface area contributed by atoms with Crippen LogP contribution in [0.3, 0.4) is 0 Å². The van der Waals surface area contributed by atoms with E-state index in [0.717, 1.165) is 6.92 Å². The zero-order valence-corrected chi connectivity index (χ0v) is 19.9. The lowest BCUT2D eigenvalue weighted by Crippen LogP contribution is -2.58. The second-order valence-corrected chi connectivity index (χ2v) is 8.09. The summed E-state index contributed by atoms with van der Waals surface area (Å²) in [7, 11) is 0. The highest BCUT2D eigenvalue weighted by molar-refractivity contribution is 5.91. The first-order chi connectivity index (χ1) is 17.9. The van der Waals surface area contributed by atoms with Crippen LogP contribution in [-0.4, -0.2) is 55.1 Å². The van der Waals surface area contributed by atoms with E-state index in [1.807, 2.05) is 0 Å². The van der Waals surface area contributed by atoms with Crippen molar-refractivity contribution in [3.8, 4) is 0 Å². The van der Waals surface area contributed by atoms with E-state index < -0.39 is 48.5 Å². The van der Waals surface area contributed by atoms with Crippen LogP contribution in [0.15, 0.2) is 91.0 Å². The summed E-state index contributed by atoms with van der Waals surface area (Å²) >= 11 is 0. The second-order valence-electron chi connectivity index (χ2n) is 8.09. The topological polar surface area (TPSA) is 114 Å². The molecule has 1 aliphatic heterocycles. The predicted molar refractivity (Wildman–Crippen MR) is 128 cm³/mol. The van der Waals surface area contributed by atoms with E-state index in [1.54, 1.807) is 78.9 Å². The van der Waals surface area contributed by atoms with Gasteiger partial charge < -0.3 is 23.7 Å². The van der Waals surface area contributed by atoms with Crippen molar-refractivity contribution in [3.63, 3.8) is 0 Å². The fourth-order valence-electron chi connectivity index (χ4n) is 3.69. The summed E-state index contributed by atoms with van der Waals surface area (Å²) in [4.78, 5) is 50.5. The molecule has 0 radical (unpaired) electrons. The summed E-state index contributed by atoms with van der Waals surface area (Å²) in [5.41, 5.74) is 0.690. The van der Waals surface area contributed by atoms with E-state index in [4.69, 9.17) is 23.7 Å². The molecule has 37 heavy (non-hydrogen) atoms. The minimum absolute atomic E-state index is 0.209. The quantitative estimate of drug-likeness (QED) is 0.352. The highest BCUT2D eigenvalue weighted by Gasteiger charge is 2.49. The lowest BCUT2D eigenvalue weighted by molar-refractivity contribution is -0.260. The van der Waals surface area contributed by atoms with Crippen molar-refractivity contribution in [2.24, 2.45) is 0 Å². The molecule has 0 unspecified atom stereocenters. The van der Waals surface area contributed by atoms with Crippen LogP contribution in [0.5, 0.6) is 0 Å². The van der Waals surface area contributed by atoms with Crippen LogP contribution in [0.4, 0.5) is 0 Å². The monoisotopic (exact) mass is 504 g/mol. The highest BCUT2D eigenvalue weighted by atomic mass is 16.7. The van der Waals surface area contributed by atoms with Gasteiger partial charge >= 0.3 is 23.9 Å². The first-order valence-corrected chi connectivity index (χ1v) is 11.5. The molecule has 3 aromatic rings. The molecule has 0 bridgehead atoms. The molecule has 1 aliphatic rings. The molecule has 0 aromatic heterocycles. The largest absolute Gasteiger partial charge is 0.452 e. The SMILES string of the molecule is CC(=O)O[C@@H]1OC[C@@H](OC(=O)c2ccccc2)[C@H](OC(=O)c2ccccc2)[C@H]1OC(=O)c1ccccc1. The van der Waals surface area contributed by atoms with Crippen LogP contribution in [0.25, 0.3) is 0 Å². The van der Waals surface area contributed by atoms with Crippen molar-refractivity contribution in [2.75, 3.05) is 6.61 Å². The summed E-state index contributed by atoms with van der Waals surface area (Å²) in [6.07, 6.45) is -5.39. The number of hydrogen-bond donors (Lipinski definition) is 0. The van der Waals surface area contributed by atoms with Crippen molar-refractivity contribution in [1.29, 1.82) is 0 Å². The second kappa shape index (κ2) is 12.0. The first kappa shape index (κ1) is 25.6. The van der Waals surface area contributed by atoms with Crippen LogP contribution in [0, 0.1) is 0 Å². The summed E-state index contributed by atoms with van der Waals surface area (Å²) in [6.45, 7) is 0.870. The Hall–Kier alpha value is -4.50. The molecule has 0 spiro atoms. The van der Waals surface area contributed by atoms with E-state index in [9.17, 15) is 19.2 Å². The van der Waals surface area contributed by atoms with Crippen molar-refractivity contribution in [2.45, 2.75) is 31.5 Å². The van der Waals surface area contributed by atoms with Crippen LogP contribution in [0.1, 0.15) is 38.0 Å². The molecule has 3 aromatic carbocycles. The van der Waals surface area contributed by atoms with E-state index in [0.29, 0.717) is 0 Å². The first-order valence-electron chi connectivity index (χ1n) is 11.5. The standard InChI is InChI=1S/C28H24O9/c1-18(29)34-28-24(37-27(32)21-15-9-4-10-16-21)23(36-26(31)20-13-7-3-8-14-20)22(17-33-28)35-25(30)19-11-5-2-6-12-19/h2-16,22-24,28H,17H2,1H3/t22-,23+,24-,28+/m1/s1. The maximum atomic E-state index is 13.0. The molecule has 0 aliphatic carbocycles. The molecule has 1 saturated heterocycles. The third-order valence-electron chi connectivity index (χ3n) is 5.44. The van der Waals surface area contributed by atoms with E-state index in [1.165, 1.54) is 12.1 Å². The fraction of sp³-hybridized carbons (Fsp3) is 0.214. The Bertz CT molecular complexity index is 1230. The molecule has 0 amide bonds. The molecule has 190 valence electrons. The van der Waals surface area contributed by atoms with Crippen molar-refractivity contribution >= 4 is 23.9 Å². The van der Waals surface area contributed by atoms with Gasteiger partial charge in [-0.05, 0) is 36.4 Å². The van der Waals surface area contributed by atoms with E-state index in [-0.39, 0.29) is 23.3 Å². The van der Waals surface area contributed by atoms with Crippen LogP contribution in [0.2, 0.25) is 0 Å². The van der Waals surface area contributed by atoms with Gasteiger partial charge in [0.05, 0.1) is 23.3 Å². The highest BCUT2D eigenvalue weighted by Crippen LogP contribution is 2.27. The smallest absolute Gasteiger partial charge is 0.338 e. The van der Waals surface area contributed by atoms with Gasteiger partial charge in [-0.1, -0.05) is 54.6 Å². The van der Waals surface area contributed by atoms with Crippen LogP contribution < -0.4 is 0 Å². The van der Waals surface area contributed by atoms with Gasteiger partial charge in [-0.3, -0.25) is 4.79 Å². The summed E-state index contributed by atoms with van der Waals surface area (Å²) in [5, 5.41) is 0. The Morgan fingerprint density at radius 1 is 0.595 bits per heavy atom. The number of ether oxygens (including phenoxy) is 5. The van der Waals surface area contributed by atoms with Crippen molar-refractivity contribution in [3.05, 3.63) is 108 Å². The number of esters is 4. The Labute approximate surface area is 212 Å². The van der Waals surface area contributed by atoms with E-state index >= 15 is 0 Å². The molecule has 0 saturated carbocycles. The molecule has 0 N–H and O–H groups in total. The number of benzene rings is 3. The normalized spacial score (nSPS) is 20.8. The zero-order chi connectivity index (χ0) is 26.2. The third-order valence-corrected chi connectivity index (χ3v) is 5.44. The number of carbonyl (C=O) groups is 4. The summed E-state index contributed by atoms with van der Waals surface area (Å²) in [6, 6.07) is 24.4. The molecule has 1 fully saturated rings. The Balaban J connectivity index is 1.65. The van der Waals surface area contributed by atoms with Gasteiger partial charge in [0, 0.05) is 6.92 Å².